The van der Waals surface area contributed by atoms with Gasteiger partial charge in [-0.3, -0.25) is 4.79 Å². The SMILES string of the molecule is CC(C)(C)c1cc(=O)[nH]c(C2(C)CC2)n1.CC(C)(C)c1cc(OS(=O)(=O)c2ccc(C(F)(F)F)cc2)nc(C2(C)CC2)n1. The maximum Gasteiger partial charge on any atom is 0.416 e. The minimum absolute atomic E-state index is 0.0296. The maximum atomic E-state index is 12.7. The summed E-state index contributed by atoms with van der Waals surface area (Å²) in [5.74, 6) is 1.24. The summed E-state index contributed by atoms with van der Waals surface area (Å²) >= 11 is 0. The first-order chi connectivity index (χ1) is 19.5. The van der Waals surface area contributed by atoms with Gasteiger partial charge in [-0.25, -0.2) is 9.97 Å². The van der Waals surface area contributed by atoms with Crippen molar-refractivity contribution in [2.45, 2.75) is 114 Å². The molecule has 0 radical (unpaired) electrons. The molecule has 234 valence electrons. The van der Waals surface area contributed by atoms with Crippen molar-refractivity contribution in [3.05, 3.63) is 75.4 Å². The normalized spacial score (nSPS) is 17.5. The maximum absolute atomic E-state index is 12.7. The van der Waals surface area contributed by atoms with E-state index >= 15 is 0 Å². The molecule has 0 amide bonds. The molecule has 1 aromatic carbocycles. The predicted octanol–water partition coefficient (Wildman–Crippen LogP) is 6.73. The van der Waals surface area contributed by atoms with Crippen molar-refractivity contribution < 1.29 is 25.8 Å². The van der Waals surface area contributed by atoms with Gasteiger partial charge in [0, 0.05) is 33.8 Å². The number of halogens is 3. The zero-order valence-corrected chi connectivity index (χ0v) is 26.6. The Bertz CT molecular complexity index is 1610. The van der Waals surface area contributed by atoms with Gasteiger partial charge in [0.05, 0.1) is 17.0 Å². The fraction of sp³-hybridized carbons (Fsp3) is 0.548. The van der Waals surface area contributed by atoms with Crippen molar-refractivity contribution in [1.82, 2.24) is 19.9 Å². The van der Waals surface area contributed by atoms with Crippen molar-refractivity contribution in [3.63, 3.8) is 0 Å². The van der Waals surface area contributed by atoms with Gasteiger partial charge in [-0.15, -0.1) is 0 Å². The molecule has 2 fully saturated rings. The average Bonchev–Trinajstić information content (AvgIpc) is 3.81. The number of nitrogens with zero attached hydrogens (tertiary/aromatic N) is 3. The van der Waals surface area contributed by atoms with Crippen molar-refractivity contribution >= 4 is 10.1 Å². The van der Waals surface area contributed by atoms with E-state index in [0.29, 0.717) is 23.7 Å². The number of hydrogen-bond donors (Lipinski definition) is 1. The van der Waals surface area contributed by atoms with Gasteiger partial charge in [0.1, 0.15) is 16.5 Å². The number of aromatic nitrogens is 4. The fourth-order valence-electron chi connectivity index (χ4n) is 4.06. The van der Waals surface area contributed by atoms with Gasteiger partial charge in [0.15, 0.2) is 0 Å². The zero-order chi connectivity index (χ0) is 32.2. The number of nitrogens with one attached hydrogen (secondary N) is 1. The second-order valence-corrected chi connectivity index (χ2v) is 15.6. The van der Waals surface area contributed by atoms with Crippen LogP contribution in [0.5, 0.6) is 5.88 Å². The molecule has 12 heteroatoms. The molecule has 2 aliphatic rings. The highest BCUT2D eigenvalue weighted by Gasteiger charge is 2.43. The van der Waals surface area contributed by atoms with Crippen LogP contribution in [0, 0.1) is 0 Å². The third kappa shape index (κ3) is 7.82. The summed E-state index contributed by atoms with van der Waals surface area (Å²) in [5.41, 5.74) is 0.0360. The van der Waals surface area contributed by atoms with E-state index in [9.17, 15) is 26.4 Å². The standard InChI is InChI=1S/C19H21F3N2O3S.C12H18N2O/c1-17(2,3)14-11-15(24-16(23-14)18(4)9-10-18)27-28(25,26)13-7-5-12(6-8-13)19(20,21)22;1-11(2,3)8-7-9(15)14-10(13-8)12(4)5-6-12/h5-8,11H,9-10H2,1-4H3;7H,5-6H2,1-4H3,(H,13,14,15). The minimum atomic E-state index is -4.55. The lowest BCUT2D eigenvalue weighted by Gasteiger charge is -2.20. The van der Waals surface area contributed by atoms with Gasteiger partial charge >= 0.3 is 16.3 Å². The monoisotopic (exact) mass is 620 g/mol. The zero-order valence-electron chi connectivity index (χ0n) is 25.8. The molecule has 8 nitrogen and oxygen atoms in total. The summed E-state index contributed by atoms with van der Waals surface area (Å²) in [6, 6.07) is 6.20. The molecule has 5 rings (SSSR count). The Labute approximate surface area is 250 Å². The van der Waals surface area contributed by atoms with Gasteiger partial charge in [-0.05, 0) is 49.9 Å². The smallest absolute Gasteiger partial charge is 0.358 e. The summed E-state index contributed by atoms with van der Waals surface area (Å²) in [6.45, 7) is 16.2. The van der Waals surface area contributed by atoms with E-state index in [1.807, 2.05) is 27.7 Å². The first-order valence-corrected chi connectivity index (χ1v) is 15.6. The van der Waals surface area contributed by atoms with Gasteiger partial charge in [-0.2, -0.15) is 26.6 Å². The topological polar surface area (TPSA) is 115 Å². The van der Waals surface area contributed by atoms with Crippen LogP contribution in [0.4, 0.5) is 13.2 Å². The van der Waals surface area contributed by atoms with Gasteiger partial charge in [-0.1, -0.05) is 55.4 Å². The van der Waals surface area contributed by atoms with Crippen LogP contribution < -0.4 is 9.74 Å². The van der Waals surface area contributed by atoms with E-state index in [1.54, 1.807) is 6.07 Å². The third-order valence-electron chi connectivity index (χ3n) is 7.76. The molecule has 0 bridgehead atoms. The molecule has 2 aromatic heterocycles. The van der Waals surface area contributed by atoms with Crippen LogP contribution in [0.15, 0.2) is 46.1 Å². The first kappa shape index (κ1) is 32.6. The molecule has 2 heterocycles. The number of alkyl halides is 3. The predicted molar refractivity (Wildman–Crippen MR) is 157 cm³/mol. The van der Waals surface area contributed by atoms with Crippen LogP contribution in [0.1, 0.15) is 110 Å². The molecule has 2 aliphatic carbocycles. The Morgan fingerprint density at radius 2 is 1.30 bits per heavy atom. The van der Waals surface area contributed by atoms with Crippen LogP contribution in [0.25, 0.3) is 0 Å². The van der Waals surface area contributed by atoms with E-state index in [-0.39, 0.29) is 38.0 Å². The fourth-order valence-corrected chi connectivity index (χ4v) is 4.93. The van der Waals surface area contributed by atoms with Crippen molar-refractivity contribution in [3.8, 4) is 5.88 Å². The van der Waals surface area contributed by atoms with E-state index in [1.165, 1.54) is 6.07 Å². The van der Waals surface area contributed by atoms with E-state index in [4.69, 9.17) is 4.18 Å². The van der Waals surface area contributed by atoms with Crippen LogP contribution in [0.2, 0.25) is 0 Å². The summed E-state index contributed by atoms with van der Waals surface area (Å²) in [5, 5.41) is 0. The molecule has 0 atom stereocenters. The highest BCUT2D eigenvalue weighted by Crippen LogP contribution is 2.47. The molecular formula is C31H39F3N4O4S. The summed E-state index contributed by atoms with van der Waals surface area (Å²) in [7, 11) is -4.34. The average molecular weight is 621 g/mol. The van der Waals surface area contributed by atoms with Crippen molar-refractivity contribution in [1.29, 1.82) is 0 Å². The van der Waals surface area contributed by atoms with Crippen molar-refractivity contribution in [2.75, 3.05) is 0 Å². The number of aromatic amines is 1. The Morgan fingerprint density at radius 1 is 0.791 bits per heavy atom. The molecule has 0 spiro atoms. The van der Waals surface area contributed by atoms with Crippen LogP contribution in [-0.4, -0.2) is 28.4 Å². The number of hydrogen-bond acceptors (Lipinski definition) is 7. The first-order valence-electron chi connectivity index (χ1n) is 14.2. The van der Waals surface area contributed by atoms with Crippen LogP contribution in [0.3, 0.4) is 0 Å². The van der Waals surface area contributed by atoms with Gasteiger partial charge in [0.25, 0.3) is 5.56 Å². The minimum Gasteiger partial charge on any atom is -0.358 e. The van der Waals surface area contributed by atoms with E-state index in [2.05, 4.69) is 47.6 Å². The number of H-pyrrole nitrogens is 1. The summed E-state index contributed by atoms with van der Waals surface area (Å²) < 4.78 is 68.3. The molecule has 0 unspecified atom stereocenters. The number of benzene rings is 1. The van der Waals surface area contributed by atoms with E-state index in [0.717, 1.165) is 49.3 Å². The number of rotatable bonds is 5. The summed E-state index contributed by atoms with van der Waals surface area (Å²) in [4.78, 5) is 27.4. The highest BCUT2D eigenvalue weighted by molar-refractivity contribution is 7.87. The molecule has 3 aromatic rings. The third-order valence-corrected chi connectivity index (χ3v) is 9.00. The Balaban J connectivity index is 0.000000237. The molecule has 1 N–H and O–H groups in total. The van der Waals surface area contributed by atoms with Crippen LogP contribution >= 0.6 is 0 Å². The molecular weight excluding hydrogens is 581 g/mol. The largest absolute Gasteiger partial charge is 0.416 e. The molecule has 43 heavy (non-hydrogen) atoms. The summed E-state index contributed by atoms with van der Waals surface area (Å²) in [6.07, 6.45) is -0.503. The Kier molecular flexibility index (Phi) is 8.13. The molecule has 0 saturated heterocycles. The van der Waals surface area contributed by atoms with Gasteiger partial charge in [0.2, 0.25) is 5.88 Å². The quantitative estimate of drug-likeness (QED) is 0.315. The lowest BCUT2D eigenvalue weighted by atomic mass is 9.91. The Morgan fingerprint density at radius 3 is 1.77 bits per heavy atom. The molecule has 2 saturated carbocycles. The van der Waals surface area contributed by atoms with Crippen LogP contribution in [-0.2, 0) is 38.0 Å². The highest BCUT2D eigenvalue weighted by atomic mass is 32.2. The lowest BCUT2D eigenvalue weighted by molar-refractivity contribution is -0.137. The van der Waals surface area contributed by atoms with E-state index < -0.39 is 21.9 Å². The Hall–Kier alpha value is -3.28. The second kappa shape index (κ2) is 10.7. The second-order valence-electron chi connectivity index (χ2n) is 14.1. The van der Waals surface area contributed by atoms with Crippen molar-refractivity contribution in [2.24, 2.45) is 0 Å². The van der Waals surface area contributed by atoms with Gasteiger partial charge < -0.3 is 9.17 Å². The molecule has 0 aliphatic heterocycles. The lowest BCUT2D eigenvalue weighted by Crippen LogP contribution is -2.23.